The maximum absolute atomic E-state index is 14.1. The maximum atomic E-state index is 14.1. The van der Waals surface area contributed by atoms with Crippen molar-refractivity contribution >= 4 is 22.6 Å². The van der Waals surface area contributed by atoms with E-state index in [0.717, 1.165) is 16.8 Å². The summed E-state index contributed by atoms with van der Waals surface area (Å²) in [6, 6.07) is 19.4. The molecule has 2 heterocycles. The predicted octanol–water partition coefficient (Wildman–Crippen LogP) is 4.20. The number of halogens is 1. The number of rotatable bonds is 7. The van der Waals surface area contributed by atoms with E-state index in [9.17, 15) is 9.18 Å². The summed E-state index contributed by atoms with van der Waals surface area (Å²) in [5.41, 5.74) is 4.54. The van der Waals surface area contributed by atoms with Crippen LogP contribution in [-0.4, -0.2) is 38.0 Å². The monoisotopic (exact) mass is 456 g/mol. The number of nitrogens with one attached hydrogen (secondary N) is 1. The number of carbonyl (C=O) groups is 1. The molecule has 5 rings (SSSR count). The van der Waals surface area contributed by atoms with Crippen molar-refractivity contribution in [3.63, 3.8) is 0 Å². The van der Waals surface area contributed by atoms with Crippen molar-refractivity contribution in [3.05, 3.63) is 90.6 Å². The minimum Gasteiger partial charge on any atom is -0.497 e. The molecule has 0 saturated heterocycles. The standard InChI is InChI=1S/C25H21FN6O2/c1-34-21-11-17(10-19(26)12-21)14-31(20-8-6-18(7-9-20)23-13-27-16-28-23)25(33)15-32-24-5-3-2-4-22(24)29-30-32/h2-13,16H,14-15H2,1H3,(H,27,28). The van der Waals surface area contributed by atoms with E-state index in [1.165, 1.54) is 19.2 Å². The lowest BCUT2D eigenvalue weighted by molar-refractivity contribution is -0.119. The van der Waals surface area contributed by atoms with Gasteiger partial charge in [-0.2, -0.15) is 0 Å². The van der Waals surface area contributed by atoms with Crippen LogP contribution in [0.25, 0.3) is 22.3 Å². The van der Waals surface area contributed by atoms with E-state index in [0.29, 0.717) is 22.5 Å². The zero-order valence-electron chi connectivity index (χ0n) is 18.4. The Kier molecular flexibility index (Phi) is 5.73. The molecule has 8 nitrogen and oxygen atoms in total. The molecule has 1 amide bonds. The average molecular weight is 456 g/mol. The summed E-state index contributed by atoms with van der Waals surface area (Å²) in [7, 11) is 1.48. The number of amides is 1. The number of aromatic nitrogens is 5. The fraction of sp³-hybridized carbons (Fsp3) is 0.120. The summed E-state index contributed by atoms with van der Waals surface area (Å²) in [6.07, 6.45) is 3.34. The lowest BCUT2D eigenvalue weighted by Gasteiger charge is -2.24. The highest BCUT2D eigenvalue weighted by Crippen LogP contribution is 2.25. The lowest BCUT2D eigenvalue weighted by atomic mass is 10.1. The van der Waals surface area contributed by atoms with Crippen molar-refractivity contribution in [1.82, 2.24) is 25.0 Å². The molecule has 0 bridgehead atoms. The number of fused-ring (bicyclic) bond motifs is 1. The first kappa shape index (κ1) is 21.3. The Morgan fingerprint density at radius 3 is 2.71 bits per heavy atom. The third-order valence-corrected chi connectivity index (χ3v) is 5.50. The number of benzene rings is 3. The molecule has 9 heteroatoms. The first-order valence-corrected chi connectivity index (χ1v) is 10.6. The number of anilines is 1. The first-order valence-electron chi connectivity index (χ1n) is 10.6. The topological polar surface area (TPSA) is 88.9 Å². The maximum Gasteiger partial charge on any atom is 0.249 e. The van der Waals surface area contributed by atoms with Gasteiger partial charge in [0.1, 0.15) is 23.6 Å². The van der Waals surface area contributed by atoms with E-state index in [1.807, 2.05) is 48.5 Å². The Labute approximate surface area is 194 Å². The van der Waals surface area contributed by atoms with Gasteiger partial charge in [0, 0.05) is 11.8 Å². The molecule has 1 N–H and O–H groups in total. The zero-order valence-corrected chi connectivity index (χ0v) is 18.4. The molecule has 0 atom stereocenters. The van der Waals surface area contributed by atoms with Crippen molar-refractivity contribution in [1.29, 1.82) is 0 Å². The molecule has 0 spiro atoms. The summed E-state index contributed by atoms with van der Waals surface area (Å²) in [6.45, 7) is 0.137. The molecular weight excluding hydrogens is 435 g/mol. The normalized spacial score (nSPS) is 11.0. The quantitative estimate of drug-likeness (QED) is 0.397. The van der Waals surface area contributed by atoms with Gasteiger partial charge >= 0.3 is 0 Å². The summed E-state index contributed by atoms with van der Waals surface area (Å²) >= 11 is 0. The summed E-state index contributed by atoms with van der Waals surface area (Å²) in [5.74, 6) is -0.258. The molecular formula is C25H21FN6O2. The Bertz CT molecular complexity index is 1430. The van der Waals surface area contributed by atoms with Crippen LogP contribution in [0.1, 0.15) is 5.56 Å². The molecule has 5 aromatic rings. The van der Waals surface area contributed by atoms with Crippen molar-refractivity contribution in [3.8, 4) is 17.0 Å². The largest absolute Gasteiger partial charge is 0.497 e. The number of methoxy groups -OCH3 is 1. The highest BCUT2D eigenvalue weighted by molar-refractivity contribution is 5.94. The average Bonchev–Trinajstić information content (AvgIpc) is 3.53. The van der Waals surface area contributed by atoms with Gasteiger partial charge < -0.3 is 14.6 Å². The minimum atomic E-state index is -0.432. The molecule has 170 valence electrons. The second kappa shape index (κ2) is 9.14. The lowest BCUT2D eigenvalue weighted by Crippen LogP contribution is -2.33. The van der Waals surface area contributed by atoms with Gasteiger partial charge in [-0.25, -0.2) is 14.1 Å². The Morgan fingerprint density at radius 2 is 1.94 bits per heavy atom. The number of nitrogens with zero attached hydrogens (tertiary/aromatic N) is 5. The van der Waals surface area contributed by atoms with E-state index in [2.05, 4.69) is 20.3 Å². The van der Waals surface area contributed by atoms with Crippen molar-refractivity contribution in [2.45, 2.75) is 13.1 Å². The molecule has 34 heavy (non-hydrogen) atoms. The van der Waals surface area contributed by atoms with Crippen LogP contribution >= 0.6 is 0 Å². The number of carbonyl (C=O) groups excluding carboxylic acids is 1. The van der Waals surface area contributed by atoms with E-state index in [1.54, 1.807) is 28.2 Å². The molecule has 0 fully saturated rings. The molecule has 0 aliphatic carbocycles. The third-order valence-electron chi connectivity index (χ3n) is 5.50. The minimum absolute atomic E-state index is 0.0186. The smallest absolute Gasteiger partial charge is 0.249 e. The molecule has 0 aliphatic rings. The van der Waals surface area contributed by atoms with E-state index in [4.69, 9.17) is 4.74 Å². The van der Waals surface area contributed by atoms with Crippen LogP contribution in [0.15, 0.2) is 79.3 Å². The van der Waals surface area contributed by atoms with Crippen LogP contribution in [-0.2, 0) is 17.9 Å². The fourth-order valence-electron chi connectivity index (χ4n) is 3.82. The van der Waals surface area contributed by atoms with Gasteiger partial charge in [0.05, 0.1) is 37.4 Å². The molecule has 0 saturated carbocycles. The Balaban J connectivity index is 1.48. The number of H-pyrrole nitrogens is 1. The molecule has 2 aromatic heterocycles. The van der Waals surface area contributed by atoms with E-state index < -0.39 is 5.82 Å². The van der Waals surface area contributed by atoms with E-state index >= 15 is 0 Å². The van der Waals surface area contributed by atoms with Gasteiger partial charge in [-0.15, -0.1) is 5.10 Å². The van der Waals surface area contributed by atoms with Gasteiger partial charge in [-0.3, -0.25) is 4.79 Å². The van der Waals surface area contributed by atoms with Crippen LogP contribution in [0.4, 0.5) is 10.1 Å². The van der Waals surface area contributed by atoms with Crippen molar-refractivity contribution in [2.24, 2.45) is 0 Å². The van der Waals surface area contributed by atoms with E-state index in [-0.39, 0.29) is 19.0 Å². The second-order valence-corrected chi connectivity index (χ2v) is 7.73. The zero-order chi connectivity index (χ0) is 23.5. The van der Waals surface area contributed by atoms with Crippen molar-refractivity contribution < 1.29 is 13.9 Å². The highest BCUT2D eigenvalue weighted by Gasteiger charge is 2.20. The fourth-order valence-corrected chi connectivity index (χ4v) is 3.82. The van der Waals surface area contributed by atoms with Gasteiger partial charge in [-0.05, 0) is 47.5 Å². The second-order valence-electron chi connectivity index (χ2n) is 7.73. The van der Waals surface area contributed by atoms with Gasteiger partial charge in [0.2, 0.25) is 5.91 Å². The molecule has 3 aromatic carbocycles. The van der Waals surface area contributed by atoms with Gasteiger partial charge in [0.25, 0.3) is 0 Å². The molecule has 0 aliphatic heterocycles. The number of hydrogen-bond acceptors (Lipinski definition) is 5. The summed E-state index contributed by atoms with van der Waals surface area (Å²) in [4.78, 5) is 22.2. The molecule has 0 radical (unpaired) electrons. The van der Waals surface area contributed by atoms with Crippen molar-refractivity contribution in [2.75, 3.05) is 12.0 Å². The highest BCUT2D eigenvalue weighted by atomic mass is 19.1. The van der Waals surface area contributed by atoms with Gasteiger partial charge in [0.15, 0.2) is 0 Å². The van der Waals surface area contributed by atoms with Gasteiger partial charge in [-0.1, -0.05) is 29.5 Å². The van der Waals surface area contributed by atoms with Crippen LogP contribution < -0.4 is 9.64 Å². The predicted molar refractivity (Wildman–Crippen MR) is 126 cm³/mol. The number of aromatic amines is 1. The number of imidazole rings is 1. The molecule has 0 unspecified atom stereocenters. The summed E-state index contributed by atoms with van der Waals surface area (Å²) in [5, 5.41) is 8.26. The number of para-hydroxylation sites is 1. The number of ether oxygens (including phenoxy) is 1. The first-order chi connectivity index (χ1) is 16.6. The SMILES string of the molecule is COc1cc(F)cc(CN(C(=O)Cn2nnc3ccccc32)c2ccc(-c3cnc[nH]3)cc2)c1. The van der Waals surface area contributed by atoms with Crippen LogP contribution in [0, 0.1) is 5.82 Å². The Morgan fingerprint density at radius 1 is 1.12 bits per heavy atom. The van der Waals surface area contributed by atoms with Crippen LogP contribution in [0.5, 0.6) is 5.75 Å². The van der Waals surface area contributed by atoms with Crippen LogP contribution in [0.2, 0.25) is 0 Å². The number of hydrogen-bond donors (Lipinski definition) is 1. The third kappa shape index (κ3) is 4.36. The Hall–Kier alpha value is -4.53. The summed E-state index contributed by atoms with van der Waals surface area (Å²) < 4.78 is 20.9. The van der Waals surface area contributed by atoms with Crippen LogP contribution in [0.3, 0.4) is 0 Å².